The molecular formula is C17H19NO3S. The lowest BCUT2D eigenvalue weighted by atomic mass is 9.74. The summed E-state index contributed by atoms with van der Waals surface area (Å²) < 4.78 is 4.98. The van der Waals surface area contributed by atoms with E-state index in [0.29, 0.717) is 6.42 Å². The predicted molar refractivity (Wildman–Crippen MR) is 86.3 cm³/mol. The number of ketones is 1. The fourth-order valence-electron chi connectivity index (χ4n) is 3.37. The van der Waals surface area contributed by atoms with Crippen LogP contribution < -0.4 is 0 Å². The lowest BCUT2D eigenvalue weighted by Crippen LogP contribution is -2.36. The molecule has 0 saturated carbocycles. The number of thiophene rings is 1. The van der Waals surface area contributed by atoms with Crippen LogP contribution in [0.3, 0.4) is 0 Å². The van der Waals surface area contributed by atoms with Crippen LogP contribution in [0, 0.1) is 12.8 Å². The van der Waals surface area contributed by atoms with Crippen molar-refractivity contribution < 1.29 is 14.3 Å². The van der Waals surface area contributed by atoms with E-state index in [1.54, 1.807) is 11.3 Å². The average Bonchev–Trinajstić information content (AvgIpc) is 2.91. The van der Waals surface area contributed by atoms with Crippen LogP contribution in [0.4, 0.5) is 0 Å². The maximum Gasteiger partial charge on any atom is 0.315 e. The summed E-state index contributed by atoms with van der Waals surface area (Å²) in [5.41, 5.74) is 2.34. The Morgan fingerprint density at radius 2 is 2.09 bits per heavy atom. The Balaban J connectivity index is 2.17. The van der Waals surface area contributed by atoms with Crippen LogP contribution >= 0.6 is 11.3 Å². The molecule has 3 rings (SSSR count). The van der Waals surface area contributed by atoms with Gasteiger partial charge in [-0.25, -0.2) is 0 Å². The fourth-order valence-corrected chi connectivity index (χ4v) is 4.39. The largest absolute Gasteiger partial charge is 0.468 e. The second-order valence-corrected chi connectivity index (χ2v) is 7.14. The highest BCUT2D eigenvalue weighted by molar-refractivity contribution is 7.12. The molecule has 0 N–H and O–H groups in total. The first kappa shape index (κ1) is 15.2. The number of Topliss-reactive ketones (excluding diaryl/α,β-unsaturated/α-hetero) is 1. The Hall–Kier alpha value is -1.75. The Kier molecular flexibility index (Phi) is 4.00. The quantitative estimate of drug-likeness (QED) is 0.785. The van der Waals surface area contributed by atoms with E-state index >= 15 is 0 Å². The minimum absolute atomic E-state index is 0.127. The lowest BCUT2D eigenvalue weighted by Gasteiger charge is -2.33. The summed E-state index contributed by atoms with van der Waals surface area (Å²) in [6.07, 6.45) is 2.20. The summed E-state index contributed by atoms with van der Waals surface area (Å²) in [6.45, 7) is 3.89. The molecule has 0 fully saturated rings. The zero-order valence-corrected chi connectivity index (χ0v) is 13.8. The van der Waals surface area contributed by atoms with E-state index < -0.39 is 5.92 Å². The highest BCUT2D eigenvalue weighted by atomic mass is 32.1. The van der Waals surface area contributed by atoms with Gasteiger partial charge in [0.05, 0.1) is 7.11 Å². The summed E-state index contributed by atoms with van der Waals surface area (Å²) in [5, 5.41) is 0. The van der Waals surface area contributed by atoms with Crippen LogP contribution in [0.25, 0.3) is 0 Å². The predicted octanol–water partition coefficient (Wildman–Crippen LogP) is 3.41. The van der Waals surface area contributed by atoms with Crippen molar-refractivity contribution in [3.63, 3.8) is 0 Å². The first-order chi connectivity index (χ1) is 10.5. The molecule has 0 bridgehead atoms. The molecule has 2 atom stereocenters. The van der Waals surface area contributed by atoms with E-state index in [4.69, 9.17) is 4.74 Å². The van der Waals surface area contributed by atoms with Crippen LogP contribution in [0.15, 0.2) is 28.4 Å². The molecule has 1 aliphatic heterocycles. The minimum atomic E-state index is -0.496. The van der Waals surface area contributed by atoms with Gasteiger partial charge in [0.2, 0.25) is 0 Å². The zero-order valence-electron chi connectivity index (χ0n) is 13.0. The molecule has 2 heterocycles. The molecule has 116 valence electrons. The van der Waals surface area contributed by atoms with Gasteiger partial charge in [-0.3, -0.25) is 14.6 Å². The highest BCUT2D eigenvalue weighted by Gasteiger charge is 2.43. The maximum atomic E-state index is 12.5. The fraction of sp³-hybridized carbons (Fsp3) is 0.471. The molecule has 1 aliphatic carbocycles. The average molecular weight is 317 g/mol. The van der Waals surface area contributed by atoms with Crippen LogP contribution in [0.1, 0.15) is 41.9 Å². The third-order valence-electron chi connectivity index (χ3n) is 4.36. The Bertz CT molecular complexity index is 699. The molecule has 22 heavy (non-hydrogen) atoms. The minimum Gasteiger partial charge on any atom is -0.468 e. The number of aryl methyl sites for hydroxylation is 1. The first-order valence-corrected chi connectivity index (χ1v) is 8.30. The Morgan fingerprint density at radius 1 is 1.32 bits per heavy atom. The first-order valence-electron chi connectivity index (χ1n) is 7.48. The number of carbonyl (C=O) groups is 2. The number of allylic oxidation sites excluding steroid dienone is 2. The highest BCUT2D eigenvalue weighted by Crippen LogP contribution is 2.45. The van der Waals surface area contributed by atoms with Gasteiger partial charge in [0.25, 0.3) is 0 Å². The van der Waals surface area contributed by atoms with E-state index in [1.165, 1.54) is 12.0 Å². The van der Waals surface area contributed by atoms with E-state index in [2.05, 4.69) is 4.99 Å². The monoisotopic (exact) mass is 317 g/mol. The normalized spacial score (nSPS) is 24.9. The van der Waals surface area contributed by atoms with Crippen molar-refractivity contribution in [2.45, 2.75) is 39.0 Å². The third kappa shape index (κ3) is 2.43. The van der Waals surface area contributed by atoms with Gasteiger partial charge in [-0.05, 0) is 38.8 Å². The molecule has 0 unspecified atom stereocenters. The van der Waals surface area contributed by atoms with E-state index in [-0.39, 0.29) is 17.7 Å². The van der Waals surface area contributed by atoms with Crippen molar-refractivity contribution >= 4 is 28.8 Å². The van der Waals surface area contributed by atoms with Crippen molar-refractivity contribution in [1.82, 2.24) is 0 Å². The summed E-state index contributed by atoms with van der Waals surface area (Å²) in [7, 11) is 1.39. The molecule has 5 heteroatoms. The number of hydrogen-bond donors (Lipinski definition) is 0. The van der Waals surface area contributed by atoms with E-state index in [9.17, 15) is 9.59 Å². The van der Waals surface area contributed by atoms with Gasteiger partial charge in [-0.15, -0.1) is 11.3 Å². The van der Waals surface area contributed by atoms with Gasteiger partial charge in [0.15, 0.2) is 5.78 Å². The molecule has 0 saturated heterocycles. The van der Waals surface area contributed by atoms with Gasteiger partial charge in [-0.1, -0.05) is 0 Å². The van der Waals surface area contributed by atoms with Gasteiger partial charge >= 0.3 is 5.97 Å². The summed E-state index contributed by atoms with van der Waals surface area (Å²) in [5.74, 6) is -0.931. The lowest BCUT2D eigenvalue weighted by molar-refractivity contribution is -0.143. The van der Waals surface area contributed by atoms with Crippen molar-refractivity contribution in [1.29, 1.82) is 0 Å². The van der Waals surface area contributed by atoms with E-state index in [0.717, 1.165) is 34.7 Å². The zero-order chi connectivity index (χ0) is 15.9. The van der Waals surface area contributed by atoms with Gasteiger partial charge < -0.3 is 4.74 Å². The Labute approximate surface area is 133 Å². The molecular weight excluding hydrogens is 298 g/mol. The number of carbonyl (C=O) groups excluding carboxylic acids is 2. The standard InChI is InChI=1S/C17H19NO3S/c1-9-7-8-13(22-9)16-14(17(20)21-3)10(2)18-11-5-4-6-12(19)15(11)16/h7-8,14,16H,4-6H2,1-3H3/t14-,16+/m1/s1. The second kappa shape index (κ2) is 5.80. The molecule has 1 aromatic rings. The second-order valence-electron chi connectivity index (χ2n) is 5.82. The van der Waals surface area contributed by atoms with E-state index in [1.807, 2.05) is 26.0 Å². The molecule has 0 aromatic carbocycles. The van der Waals surface area contributed by atoms with Gasteiger partial charge in [-0.2, -0.15) is 0 Å². The number of ether oxygens (including phenoxy) is 1. The molecule has 0 amide bonds. The van der Waals surface area contributed by atoms with Crippen molar-refractivity contribution in [2.24, 2.45) is 10.9 Å². The number of aliphatic imine (C=N–C) groups is 1. The summed E-state index contributed by atoms with van der Waals surface area (Å²) >= 11 is 1.64. The third-order valence-corrected chi connectivity index (χ3v) is 5.44. The van der Waals surface area contributed by atoms with Crippen LogP contribution in [0.5, 0.6) is 0 Å². The molecule has 1 aromatic heterocycles. The van der Waals surface area contributed by atoms with Crippen molar-refractivity contribution in [2.75, 3.05) is 7.11 Å². The van der Waals surface area contributed by atoms with Crippen LogP contribution in [0.2, 0.25) is 0 Å². The summed E-state index contributed by atoms with van der Waals surface area (Å²) in [4.78, 5) is 31.6. The molecule has 0 radical (unpaired) electrons. The molecule has 4 nitrogen and oxygen atoms in total. The SMILES string of the molecule is COC(=O)[C@@H]1C(C)=NC2=C(C(=O)CCC2)[C@H]1c1ccc(C)s1. The maximum absolute atomic E-state index is 12.5. The molecule has 0 spiro atoms. The van der Waals surface area contributed by atoms with Crippen molar-refractivity contribution in [3.05, 3.63) is 33.2 Å². The van der Waals surface area contributed by atoms with Crippen LogP contribution in [-0.4, -0.2) is 24.6 Å². The number of hydrogen-bond acceptors (Lipinski definition) is 5. The van der Waals surface area contributed by atoms with Crippen LogP contribution in [-0.2, 0) is 14.3 Å². The number of methoxy groups -OCH3 is 1. The van der Waals surface area contributed by atoms with Gasteiger partial charge in [0.1, 0.15) is 5.92 Å². The number of nitrogens with zero attached hydrogens (tertiary/aromatic N) is 1. The number of esters is 1. The summed E-state index contributed by atoms with van der Waals surface area (Å²) in [6, 6.07) is 4.05. The molecule has 2 aliphatic rings. The number of rotatable bonds is 2. The smallest absolute Gasteiger partial charge is 0.315 e. The van der Waals surface area contributed by atoms with Gasteiger partial charge in [0, 0.05) is 39.1 Å². The topological polar surface area (TPSA) is 55.7 Å². The van der Waals surface area contributed by atoms with Crippen molar-refractivity contribution in [3.8, 4) is 0 Å². The Morgan fingerprint density at radius 3 is 2.73 bits per heavy atom.